The molecule has 0 bridgehead atoms. The Kier molecular flexibility index (Phi) is 3.12. The monoisotopic (exact) mass is 353 g/mol. The van der Waals surface area contributed by atoms with E-state index < -0.39 is 11.5 Å². The van der Waals surface area contributed by atoms with E-state index in [4.69, 9.17) is 20.2 Å². The van der Waals surface area contributed by atoms with Gasteiger partial charge in [-0.3, -0.25) is 0 Å². The fourth-order valence-electron chi connectivity index (χ4n) is 4.93. The Hall–Kier alpha value is -2.63. The lowest BCUT2D eigenvalue weighted by Gasteiger charge is -2.47. The first-order valence-electron chi connectivity index (χ1n) is 8.94. The van der Waals surface area contributed by atoms with E-state index in [2.05, 4.69) is 11.9 Å². The molecule has 5 nitrogen and oxygen atoms in total. The summed E-state index contributed by atoms with van der Waals surface area (Å²) >= 11 is 0. The highest BCUT2D eigenvalue weighted by atomic mass is 19.1. The molecule has 0 amide bonds. The highest BCUT2D eigenvalue weighted by Gasteiger charge is 2.60. The quantitative estimate of drug-likeness (QED) is 0.798. The van der Waals surface area contributed by atoms with Gasteiger partial charge in [0.1, 0.15) is 23.5 Å². The number of amidine groups is 1. The summed E-state index contributed by atoms with van der Waals surface area (Å²) in [5, 5.41) is 0. The Labute approximate surface area is 151 Å². The van der Waals surface area contributed by atoms with E-state index in [1.165, 1.54) is 6.20 Å². The van der Waals surface area contributed by atoms with Crippen LogP contribution in [0.25, 0.3) is 11.1 Å². The second kappa shape index (κ2) is 5.19. The minimum Gasteiger partial charge on any atom is -0.487 e. The van der Waals surface area contributed by atoms with E-state index in [0.29, 0.717) is 12.2 Å². The van der Waals surface area contributed by atoms with Crippen LogP contribution in [0.4, 0.5) is 4.39 Å². The average molecular weight is 353 g/mol. The number of rotatable bonds is 1. The van der Waals surface area contributed by atoms with Gasteiger partial charge in [-0.25, -0.2) is 9.98 Å². The first-order valence-corrected chi connectivity index (χ1v) is 8.94. The van der Waals surface area contributed by atoms with Gasteiger partial charge < -0.3 is 15.2 Å². The van der Waals surface area contributed by atoms with Crippen molar-refractivity contribution in [2.75, 3.05) is 6.61 Å². The van der Waals surface area contributed by atoms with Crippen molar-refractivity contribution in [3.63, 3.8) is 0 Å². The van der Waals surface area contributed by atoms with Crippen LogP contribution in [-0.4, -0.2) is 23.2 Å². The fraction of sp³-hybridized carbons (Fsp3) is 0.400. The van der Waals surface area contributed by atoms with E-state index in [1.807, 2.05) is 18.2 Å². The van der Waals surface area contributed by atoms with Crippen molar-refractivity contribution in [3.8, 4) is 16.9 Å². The van der Waals surface area contributed by atoms with Crippen LogP contribution in [0.5, 0.6) is 5.75 Å². The van der Waals surface area contributed by atoms with Crippen molar-refractivity contribution < 1.29 is 13.9 Å². The maximum atomic E-state index is 14.2. The molecule has 1 fully saturated rings. The van der Waals surface area contributed by atoms with E-state index >= 15 is 0 Å². The number of halogens is 1. The Balaban J connectivity index is 1.72. The highest BCUT2D eigenvalue weighted by Crippen LogP contribution is 2.58. The molecule has 2 aromatic rings. The molecule has 134 valence electrons. The van der Waals surface area contributed by atoms with Crippen LogP contribution in [0.3, 0.4) is 0 Å². The topological polar surface area (TPSA) is 69.7 Å². The minimum absolute atomic E-state index is 0.178. The molecule has 2 aliphatic heterocycles. The first-order chi connectivity index (χ1) is 12.5. The number of hydrogen-bond acceptors (Lipinski definition) is 5. The number of aromatic nitrogens is 1. The van der Waals surface area contributed by atoms with Crippen LogP contribution < -0.4 is 10.5 Å². The molecule has 3 atom stereocenters. The predicted molar refractivity (Wildman–Crippen MR) is 95.3 cm³/mol. The second-order valence-corrected chi connectivity index (χ2v) is 7.58. The second-order valence-electron chi connectivity index (χ2n) is 7.58. The van der Waals surface area contributed by atoms with Crippen molar-refractivity contribution >= 4 is 6.02 Å². The Bertz CT molecular complexity index is 931. The zero-order valence-corrected chi connectivity index (χ0v) is 14.5. The van der Waals surface area contributed by atoms with Gasteiger partial charge in [0.2, 0.25) is 5.95 Å². The molecule has 6 heteroatoms. The van der Waals surface area contributed by atoms with E-state index in [-0.39, 0.29) is 17.5 Å². The van der Waals surface area contributed by atoms with Crippen molar-refractivity contribution in [2.24, 2.45) is 16.6 Å². The summed E-state index contributed by atoms with van der Waals surface area (Å²) in [4.78, 5) is 8.51. The lowest BCUT2D eigenvalue weighted by molar-refractivity contribution is -0.0210. The Morgan fingerprint density at radius 1 is 1.31 bits per heavy atom. The summed E-state index contributed by atoms with van der Waals surface area (Å²) < 4.78 is 26.2. The van der Waals surface area contributed by atoms with Crippen LogP contribution in [0.1, 0.15) is 31.7 Å². The summed E-state index contributed by atoms with van der Waals surface area (Å²) in [7, 11) is 0. The van der Waals surface area contributed by atoms with E-state index in [9.17, 15) is 4.39 Å². The molecule has 1 aromatic heterocycles. The zero-order chi connectivity index (χ0) is 17.9. The van der Waals surface area contributed by atoms with Crippen molar-refractivity contribution in [3.05, 3.63) is 48.0 Å². The van der Waals surface area contributed by atoms with Crippen LogP contribution in [0.15, 0.2) is 41.5 Å². The zero-order valence-electron chi connectivity index (χ0n) is 14.5. The number of nitrogens with two attached hydrogens (primary N) is 1. The maximum absolute atomic E-state index is 14.2. The number of hydrogen-bond donors (Lipinski definition) is 1. The summed E-state index contributed by atoms with van der Waals surface area (Å²) in [6, 6.07) is 9.40. The van der Waals surface area contributed by atoms with Gasteiger partial charge in [0.15, 0.2) is 0 Å². The number of nitrogens with zero attached hydrogens (tertiary/aromatic N) is 2. The molecule has 3 aliphatic rings. The molecule has 26 heavy (non-hydrogen) atoms. The molecule has 3 heterocycles. The van der Waals surface area contributed by atoms with Crippen molar-refractivity contribution in [2.45, 2.75) is 37.3 Å². The standard InChI is InChI=1S/C20H20FN3O2/c1-19-8-2-5-16(19)20(11-25-18(22)24-20)14-10-12(6-7-15(14)26-19)13-4-3-9-23-17(13)21/h3-4,6-7,9-10,16H,2,5,8,11H2,1H3,(H2,22,24)/t16-,19+,20-/m1/s1. The Morgan fingerprint density at radius 3 is 2.96 bits per heavy atom. The molecular weight excluding hydrogens is 333 g/mol. The smallest absolute Gasteiger partial charge is 0.283 e. The predicted octanol–water partition coefficient (Wildman–Crippen LogP) is 3.38. The number of pyridine rings is 1. The molecule has 1 spiro atoms. The van der Waals surface area contributed by atoms with Crippen LogP contribution in [-0.2, 0) is 10.3 Å². The summed E-state index contributed by atoms with van der Waals surface area (Å²) in [5.74, 6) is 0.466. The lowest BCUT2D eigenvalue weighted by atomic mass is 9.69. The number of fused-ring (bicyclic) bond motifs is 4. The average Bonchev–Trinajstić information content (AvgIpc) is 3.20. The number of benzene rings is 1. The van der Waals surface area contributed by atoms with Crippen molar-refractivity contribution in [1.82, 2.24) is 4.98 Å². The Morgan fingerprint density at radius 2 is 2.19 bits per heavy atom. The van der Waals surface area contributed by atoms with Gasteiger partial charge in [-0.1, -0.05) is 6.07 Å². The normalized spacial score (nSPS) is 31.8. The summed E-state index contributed by atoms with van der Waals surface area (Å²) in [6.45, 7) is 2.54. The van der Waals surface area contributed by atoms with Crippen LogP contribution in [0, 0.1) is 11.9 Å². The number of aliphatic imine (C=N–C) groups is 1. The van der Waals surface area contributed by atoms with Gasteiger partial charge in [-0.2, -0.15) is 4.39 Å². The third kappa shape index (κ3) is 2.01. The molecule has 1 saturated carbocycles. The van der Waals surface area contributed by atoms with Gasteiger partial charge in [0.05, 0.1) is 0 Å². The SMILES string of the molecule is C[C@]12CCC[C@H]1[C@@]1(COC(N)=N1)c1cc(-c3cccnc3F)ccc1O2. The van der Waals surface area contributed by atoms with Gasteiger partial charge in [-0.15, -0.1) is 0 Å². The maximum Gasteiger partial charge on any atom is 0.283 e. The minimum atomic E-state index is -0.572. The lowest BCUT2D eigenvalue weighted by Crippen LogP contribution is -2.52. The third-order valence-corrected chi connectivity index (χ3v) is 6.09. The molecule has 0 radical (unpaired) electrons. The largest absolute Gasteiger partial charge is 0.487 e. The highest BCUT2D eigenvalue weighted by molar-refractivity contribution is 5.75. The number of ether oxygens (including phenoxy) is 2. The molecular formula is C20H20FN3O2. The molecule has 5 rings (SSSR count). The molecule has 1 aliphatic carbocycles. The van der Waals surface area contributed by atoms with E-state index in [0.717, 1.165) is 36.1 Å². The van der Waals surface area contributed by atoms with Gasteiger partial charge in [0.25, 0.3) is 6.02 Å². The molecule has 0 saturated heterocycles. The first kappa shape index (κ1) is 15.6. The van der Waals surface area contributed by atoms with Crippen LogP contribution in [0.2, 0.25) is 0 Å². The van der Waals surface area contributed by atoms with Gasteiger partial charge in [-0.05, 0) is 56.0 Å². The van der Waals surface area contributed by atoms with E-state index in [1.54, 1.807) is 12.1 Å². The summed E-state index contributed by atoms with van der Waals surface area (Å²) in [6.07, 6.45) is 4.51. The van der Waals surface area contributed by atoms with Crippen LogP contribution >= 0.6 is 0 Å². The third-order valence-electron chi connectivity index (χ3n) is 6.09. The van der Waals surface area contributed by atoms with Gasteiger partial charge in [0, 0.05) is 23.2 Å². The molecule has 2 N–H and O–H groups in total. The van der Waals surface area contributed by atoms with Gasteiger partial charge >= 0.3 is 0 Å². The fourth-order valence-corrected chi connectivity index (χ4v) is 4.93. The summed E-state index contributed by atoms with van der Waals surface area (Å²) in [5.41, 5.74) is 7.18. The van der Waals surface area contributed by atoms with Crippen molar-refractivity contribution in [1.29, 1.82) is 0 Å². The molecule has 1 aromatic carbocycles. The molecule has 0 unspecified atom stereocenters.